The van der Waals surface area contributed by atoms with Crippen molar-refractivity contribution in [3.8, 4) is 0 Å². The summed E-state index contributed by atoms with van der Waals surface area (Å²) < 4.78 is 1.78. The van der Waals surface area contributed by atoms with E-state index in [-0.39, 0.29) is 11.4 Å². The Balaban J connectivity index is 1.59. The number of carboxylic acids is 1. The van der Waals surface area contributed by atoms with Crippen molar-refractivity contribution in [1.82, 2.24) is 9.78 Å². The smallest absolute Gasteiger partial charge is 0.341 e. The van der Waals surface area contributed by atoms with Crippen LogP contribution in [0.4, 0.5) is 5.82 Å². The van der Waals surface area contributed by atoms with E-state index in [2.05, 4.69) is 5.10 Å². The zero-order valence-corrected chi connectivity index (χ0v) is 11.6. The van der Waals surface area contributed by atoms with Gasteiger partial charge in [0.25, 0.3) is 0 Å². The summed E-state index contributed by atoms with van der Waals surface area (Å²) >= 11 is 0. The summed E-state index contributed by atoms with van der Waals surface area (Å²) in [7, 11) is 0. The fourth-order valence-electron chi connectivity index (χ4n) is 5.51. The van der Waals surface area contributed by atoms with Crippen molar-refractivity contribution in [2.75, 3.05) is 5.73 Å². The molecular weight excluding hydrogens is 254 g/mol. The molecule has 0 amide bonds. The number of aromatic nitrogens is 2. The largest absolute Gasteiger partial charge is 0.477 e. The summed E-state index contributed by atoms with van der Waals surface area (Å²) in [5.74, 6) is 1.84. The number of hydrogen-bond donors (Lipinski definition) is 2. The number of nitrogens with zero attached hydrogens (tertiary/aromatic N) is 2. The van der Waals surface area contributed by atoms with Gasteiger partial charge < -0.3 is 10.8 Å². The SMILES string of the molecule is Nc1nn(CC23CC4CC(CC(C4)C2)C3)cc1C(=O)O. The minimum Gasteiger partial charge on any atom is -0.477 e. The molecular formula is C15H21N3O2. The van der Waals surface area contributed by atoms with Gasteiger partial charge in [-0.05, 0) is 61.7 Å². The maximum Gasteiger partial charge on any atom is 0.341 e. The molecule has 4 aliphatic rings. The number of hydrogen-bond acceptors (Lipinski definition) is 3. The lowest BCUT2D eigenvalue weighted by Crippen LogP contribution is -2.48. The summed E-state index contributed by atoms with van der Waals surface area (Å²) in [5.41, 5.74) is 6.18. The Hall–Kier alpha value is -1.52. The molecule has 4 saturated carbocycles. The van der Waals surface area contributed by atoms with E-state index in [1.54, 1.807) is 10.9 Å². The van der Waals surface area contributed by atoms with Crippen molar-refractivity contribution in [1.29, 1.82) is 0 Å². The molecule has 1 heterocycles. The van der Waals surface area contributed by atoms with Crippen LogP contribution >= 0.6 is 0 Å². The summed E-state index contributed by atoms with van der Waals surface area (Å²) in [5, 5.41) is 13.3. The fraction of sp³-hybridized carbons (Fsp3) is 0.733. The van der Waals surface area contributed by atoms with Crippen molar-refractivity contribution in [3.05, 3.63) is 11.8 Å². The molecule has 108 valence electrons. The molecule has 0 spiro atoms. The van der Waals surface area contributed by atoms with Crippen LogP contribution in [0.2, 0.25) is 0 Å². The van der Waals surface area contributed by atoms with Crippen LogP contribution in [0.3, 0.4) is 0 Å². The lowest BCUT2D eigenvalue weighted by molar-refractivity contribution is -0.0635. The Labute approximate surface area is 118 Å². The van der Waals surface area contributed by atoms with Gasteiger partial charge in [-0.15, -0.1) is 0 Å². The third-order valence-electron chi connectivity index (χ3n) is 5.68. The minimum absolute atomic E-state index is 0.134. The molecule has 1 aromatic heterocycles. The highest BCUT2D eigenvalue weighted by Crippen LogP contribution is 2.60. The van der Waals surface area contributed by atoms with E-state index in [0.29, 0.717) is 5.41 Å². The lowest BCUT2D eigenvalue weighted by atomic mass is 9.49. The number of aromatic carboxylic acids is 1. The molecule has 0 radical (unpaired) electrons. The van der Waals surface area contributed by atoms with Gasteiger partial charge >= 0.3 is 5.97 Å². The van der Waals surface area contributed by atoms with Gasteiger partial charge in [-0.3, -0.25) is 4.68 Å². The third-order valence-corrected chi connectivity index (χ3v) is 5.68. The van der Waals surface area contributed by atoms with Crippen LogP contribution < -0.4 is 5.73 Å². The second-order valence-electron chi connectivity index (χ2n) is 7.35. The molecule has 0 unspecified atom stereocenters. The van der Waals surface area contributed by atoms with Crippen LogP contribution in [0.25, 0.3) is 0 Å². The molecule has 0 aromatic carbocycles. The van der Waals surface area contributed by atoms with E-state index < -0.39 is 5.97 Å². The molecule has 5 nitrogen and oxygen atoms in total. The van der Waals surface area contributed by atoms with Crippen LogP contribution in [0.5, 0.6) is 0 Å². The standard InChI is InChI=1S/C15H21N3O2/c16-13-12(14(19)20)7-18(17-13)8-15-4-9-1-10(5-15)3-11(2-9)6-15/h7,9-11H,1-6,8H2,(H2,16,17)(H,19,20). The molecule has 5 rings (SSSR count). The number of nitrogens with two attached hydrogens (primary N) is 1. The van der Waals surface area contributed by atoms with E-state index in [0.717, 1.165) is 24.3 Å². The van der Waals surface area contributed by atoms with E-state index in [4.69, 9.17) is 10.8 Å². The Kier molecular flexibility index (Phi) is 2.44. The lowest BCUT2D eigenvalue weighted by Gasteiger charge is -2.56. The van der Waals surface area contributed by atoms with Crippen LogP contribution in [-0.2, 0) is 6.54 Å². The molecule has 5 heteroatoms. The third kappa shape index (κ3) is 1.83. The Morgan fingerprint density at radius 2 is 1.85 bits per heavy atom. The first kappa shape index (κ1) is 12.2. The molecule has 3 N–H and O–H groups in total. The van der Waals surface area contributed by atoms with Gasteiger partial charge in [0.2, 0.25) is 0 Å². The van der Waals surface area contributed by atoms with Gasteiger partial charge in [-0.25, -0.2) is 4.79 Å². The fourth-order valence-corrected chi connectivity index (χ4v) is 5.51. The number of carboxylic acid groups (broad SMARTS) is 1. The van der Waals surface area contributed by atoms with Crippen molar-refractivity contribution >= 4 is 11.8 Å². The average Bonchev–Trinajstić information content (AvgIpc) is 2.67. The minimum atomic E-state index is -0.987. The molecule has 1 aromatic rings. The van der Waals surface area contributed by atoms with Crippen molar-refractivity contribution < 1.29 is 9.90 Å². The first-order chi connectivity index (χ1) is 9.53. The first-order valence-electron chi connectivity index (χ1n) is 7.59. The predicted molar refractivity (Wildman–Crippen MR) is 74.2 cm³/mol. The predicted octanol–water partition coefficient (Wildman–Crippen LogP) is 2.38. The Bertz CT molecular complexity index is 528. The molecule has 0 saturated heterocycles. The highest BCUT2D eigenvalue weighted by Gasteiger charge is 2.51. The summed E-state index contributed by atoms with van der Waals surface area (Å²) in [6.45, 7) is 0.841. The van der Waals surface area contributed by atoms with E-state index in [9.17, 15) is 4.79 Å². The highest BCUT2D eigenvalue weighted by molar-refractivity contribution is 5.92. The maximum absolute atomic E-state index is 11.1. The second kappa shape index (κ2) is 3.99. The topological polar surface area (TPSA) is 81.1 Å². The maximum atomic E-state index is 11.1. The summed E-state index contributed by atoms with van der Waals surface area (Å²) in [4.78, 5) is 11.1. The van der Waals surface area contributed by atoms with Gasteiger partial charge in [0.05, 0.1) is 0 Å². The van der Waals surface area contributed by atoms with Crippen LogP contribution in [0.1, 0.15) is 48.9 Å². The molecule has 4 fully saturated rings. The van der Waals surface area contributed by atoms with E-state index >= 15 is 0 Å². The van der Waals surface area contributed by atoms with Gasteiger partial charge in [0.1, 0.15) is 5.56 Å². The normalized spacial score (nSPS) is 38.3. The van der Waals surface area contributed by atoms with E-state index in [1.807, 2.05) is 0 Å². The van der Waals surface area contributed by atoms with Crippen LogP contribution in [0, 0.1) is 23.2 Å². The highest BCUT2D eigenvalue weighted by atomic mass is 16.4. The molecule has 20 heavy (non-hydrogen) atoms. The van der Waals surface area contributed by atoms with Crippen LogP contribution in [-0.4, -0.2) is 20.9 Å². The quantitative estimate of drug-likeness (QED) is 0.887. The van der Waals surface area contributed by atoms with Crippen LogP contribution in [0.15, 0.2) is 6.20 Å². The second-order valence-corrected chi connectivity index (χ2v) is 7.35. The molecule has 4 bridgehead atoms. The molecule has 0 aliphatic heterocycles. The Morgan fingerprint density at radius 3 is 2.30 bits per heavy atom. The van der Waals surface area contributed by atoms with Gasteiger partial charge in [0.15, 0.2) is 5.82 Å². The Morgan fingerprint density at radius 1 is 1.30 bits per heavy atom. The molecule has 0 atom stereocenters. The molecule has 4 aliphatic carbocycles. The number of carbonyl (C=O) groups is 1. The monoisotopic (exact) mass is 275 g/mol. The number of nitrogen functional groups attached to an aromatic ring is 1. The van der Waals surface area contributed by atoms with Gasteiger partial charge in [-0.1, -0.05) is 0 Å². The zero-order chi connectivity index (χ0) is 13.9. The number of rotatable bonds is 3. The first-order valence-corrected chi connectivity index (χ1v) is 7.59. The summed E-state index contributed by atoms with van der Waals surface area (Å²) in [6.07, 6.45) is 9.74. The average molecular weight is 275 g/mol. The van der Waals surface area contributed by atoms with Crippen molar-refractivity contribution in [2.24, 2.45) is 23.2 Å². The van der Waals surface area contributed by atoms with Crippen molar-refractivity contribution in [3.63, 3.8) is 0 Å². The van der Waals surface area contributed by atoms with E-state index in [1.165, 1.54) is 38.5 Å². The van der Waals surface area contributed by atoms with Gasteiger partial charge in [-0.2, -0.15) is 5.10 Å². The summed E-state index contributed by atoms with van der Waals surface area (Å²) in [6, 6.07) is 0. The van der Waals surface area contributed by atoms with Gasteiger partial charge in [0, 0.05) is 12.7 Å². The number of anilines is 1. The zero-order valence-electron chi connectivity index (χ0n) is 11.6. The van der Waals surface area contributed by atoms with Crippen molar-refractivity contribution in [2.45, 2.75) is 45.1 Å².